The van der Waals surface area contributed by atoms with Gasteiger partial charge < -0.3 is 4.74 Å². The average Bonchev–Trinajstić information content (AvgIpc) is 3.50. The van der Waals surface area contributed by atoms with Crippen LogP contribution in [0.1, 0.15) is 22.0 Å². The number of nitro groups is 1. The number of hydrogen-bond donors (Lipinski definition) is 0. The van der Waals surface area contributed by atoms with Crippen LogP contribution in [0.5, 0.6) is 5.75 Å². The molecule has 2 saturated heterocycles. The number of para-hydroxylation sites is 1. The third kappa shape index (κ3) is 4.69. The molecule has 4 aromatic carbocycles. The van der Waals surface area contributed by atoms with E-state index in [1.165, 1.54) is 23.3 Å². The summed E-state index contributed by atoms with van der Waals surface area (Å²) in [6.45, 7) is 0. The molecule has 41 heavy (non-hydrogen) atoms. The molecule has 0 unspecified atom stereocenters. The number of nitro benzene ring substituents is 1. The lowest BCUT2D eigenvalue weighted by Crippen LogP contribution is -2.37. The standard InChI is InChI=1S/C30H20ClN3O7/c31-23-11-4-5-12-24(23)32-28(35)25-26(18-13-15-22(16-14-18)40-30(37)19-7-2-1-3-8-19)33(41-27(25)29(32)36)20-9-6-10-21(17-20)34(38)39/h1-17,25-27H/t25-,26-,27-/m1/s1. The van der Waals surface area contributed by atoms with Crippen molar-refractivity contribution in [1.29, 1.82) is 0 Å². The fourth-order valence-electron chi connectivity index (χ4n) is 5.06. The Labute approximate surface area is 238 Å². The monoisotopic (exact) mass is 569 g/mol. The number of non-ortho nitro benzene ring substituents is 1. The van der Waals surface area contributed by atoms with Crippen molar-refractivity contribution >= 4 is 46.4 Å². The van der Waals surface area contributed by atoms with E-state index in [0.717, 1.165) is 4.90 Å². The second-order valence-electron chi connectivity index (χ2n) is 9.39. The van der Waals surface area contributed by atoms with Crippen molar-refractivity contribution in [2.24, 2.45) is 5.92 Å². The molecule has 0 radical (unpaired) electrons. The number of fused-ring (bicyclic) bond motifs is 1. The summed E-state index contributed by atoms with van der Waals surface area (Å²) < 4.78 is 5.48. The van der Waals surface area contributed by atoms with Gasteiger partial charge in [-0.15, -0.1) is 0 Å². The van der Waals surface area contributed by atoms with Gasteiger partial charge in [0.1, 0.15) is 11.7 Å². The number of halogens is 1. The van der Waals surface area contributed by atoms with Gasteiger partial charge in [-0.3, -0.25) is 24.5 Å². The first-order chi connectivity index (χ1) is 19.8. The van der Waals surface area contributed by atoms with Crippen LogP contribution in [0.3, 0.4) is 0 Å². The second kappa shape index (κ2) is 10.5. The highest BCUT2D eigenvalue weighted by Gasteiger charge is 2.60. The predicted octanol–water partition coefficient (Wildman–Crippen LogP) is 5.52. The van der Waals surface area contributed by atoms with Crippen molar-refractivity contribution < 1.29 is 28.9 Å². The average molecular weight is 570 g/mol. The van der Waals surface area contributed by atoms with E-state index in [2.05, 4.69) is 0 Å². The number of imide groups is 1. The maximum Gasteiger partial charge on any atom is 0.343 e. The van der Waals surface area contributed by atoms with E-state index in [1.54, 1.807) is 84.9 Å². The summed E-state index contributed by atoms with van der Waals surface area (Å²) in [5.74, 6) is -2.37. The first kappa shape index (κ1) is 26.2. The molecule has 10 nitrogen and oxygen atoms in total. The first-order valence-corrected chi connectivity index (χ1v) is 12.9. The fourth-order valence-corrected chi connectivity index (χ4v) is 5.28. The van der Waals surface area contributed by atoms with Gasteiger partial charge in [-0.2, -0.15) is 0 Å². The Morgan fingerprint density at radius 3 is 2.29 bits per heavy atom. The van der Waals surface area contributed by atoms with E-state index in [9.17, 15) is 24.5 Å². The highest BCUT2D eigenvalue weighted by molar-refractivity contribution is 6.36. The lowest BCUT2D eigenvalue weighted by atomic mass is 9.90. The molecule has 11 heteroatoms. The molecule has 2 fully saturated rings. The number of carbonyl (C=O) groups is 3. The van der Waals surface area contributed by atoms with Gasteiger partial charge in [0.25, 0.3) is 11.6 Å². The Hall–Kier alpha value is -5.06. The molecule has 2 amide bonds. The molecule has 4 aromatic rings. The van der Waals surface area contributed by atoms with Gasteiger partial charge in [0.05, 0.1) is 32.9 Å². The topological polar surface area (TPSA) is 119 Å². The fraction of sp³-hybridized carbons (Fsp3) is 0.100. The van der Waals surface area contributed by atoms with E-state index in [-0.39, 0.29) is 22.1 Å². The normalized spacial score (nSPS) is 19.8. The van der Waals surface area contributed by atoms with Crippen LogP contribution in [0.25, 0.3) is 0 Å². The van der Waals surface area contributed by atoms with E-state index >= 15 is 0 Å². The number of carbonyl (C=O) groups excluding carboxylic acids is 3. The largest absolute Gasteiger partial charge is 0.423 e. The van der Waals surface area contributed by atoms with Crippen LogP contribution < -0.4 is 14.7 Å². The summed E-state index contributed by atoms with van der Waals surface area (Å²) in [6, 6.07) is 26.4. The van der Waals surface area contributed by atoms with E-state index in [1.807, 2.05) is 0 Å². The van der Waals surface area contributed by atoms with Gasteiger partial charge >= 0.3 is 5.97 Å². The Morgan fingerprint density at radius 2 is 1.59 bits per heavy atom. The number of hydrogen-bond acceptors (Lipinski definition) is 8. The maximum atomic E-state index is 13.8. The summed E-state index contributed by atoms with van der Waals surface area (Å²) >= 11 is 6.32. The first-order valence-electron chi connectivity index (χ1n) is 12.5. The Balaban J connectivity index is 1.37. The quantitative estimate of drug-likeness (QED) is 0.0979. The van der Waals surface area contributed by atoms with Crippen molar-refractivity contribution in [2.45, 2.75) is 12.1 Å². The zero-order valence-electron chi connectivity index (χ0n) is 21.1. The minimum atomic E-state index is -1.20. The minimum Gasteiger partial charge on any atom is -0.423 e. The van der Waals surface area contributed by atoms with Gasteiger partial charge in [0.2, 0.25) is 5.91 Å². The third-order valence-electron chi connectivity index (χ3n) is 6.95. The zero-order valence-corrected chi connectivity index (χ0v) is 21.9. The van der Waals surface area contributed by atoms with Crippen molar-refractivity contribution in [3.63, 3.8) is 0 Å². The third-order valence-corrected chi connectivity index (χ3v) is 7.27. The van der Waals surface area contributed by atoms with Crippen molar-refractivity contribution in [1.82, 2.24) is 0 Å². The lowest BCUT2D eigenvalue weighted by molar-refractivity contribution is -0.384. The number of rotatable bonds is 6. The van der Waals surface area contributed by atoms with Gasteiger partial charge in [-0.1, -0.05) is 60.1 Å². The number of esters is 1. The summed E-state index contributed by atoms with van der Waals surface area (Å²) in [6.07, 6.45) is -1.20. The molecule has 0 spiro atoms. The number of ether oxygens (including phenoxy) is 1. The van der Waals surface area contributed by atoms with Gasteiger partial charge in [-0.25, -0.2) is 14.8 Å². The molecule has 0 N–H and O–H groups in total. The number of amides is 2. The zero-order chi connectivity index (χ0) is 28.7. The van der Waals surface area contributed by atoms with Gasteiger partial charge in [0, 0.05) is 12.1 Å². The van der Waals surface area contributed by atoms with Crippen LogP contribution in [0.4, 0.5) is 17.1 Å². The second-order valence-corrected chi connectivity index (χ2v) is 9.79. The smallest absolute Gasteiger partial charge is 0.343 e. The number of anilines is 2. The van der Waals surface area contributed by atoms with Crippen LogP contribution in [0, 0.1) is 16.0 Å². The highest BCUT2D eigenvalue weighted by Crippen LogP contribution is 2.48. The van der Waals surface area contributed by atoms with Crippen LogP contribution in [0.2, 0.25) is 5.02 Å². The molecule has 0 aliphatic carbocycles. The minimum absolute atomic E-state index is 0.180. The van der Waals surface area contributed by atoms with Crippen LogP contribution in [-0.4, -0.2) is 28.8 Å². The Kier molecular flexibility index (Phi) is 6.70. The number of benzene rings is 4. The molecule has 6 rings (SSSR count). The van der Waals surface area contributed by atoms with E-state index in [4.69, 9.17) is 21.2 Å². The van der Waals surface area contributed by atoms with Crippen molar-refractivity contribution in [2.75, 3.05) is 9.96 Å². The molecule has 0 aromatic heterocycles. The van der Waals surface area contributed by atoms with Crippen LogP contribution in [-0.2, 0) is 14.4 Å². The predicted molar refractivity (Wildman–Crippen MR) is 148 cm³/mol. The molecule has 0 bridgehead atoms. The van der Waals surface area contributed by atoms with Crippen LogP contribution >= 0.6 is 11.6 Å². The SMILES string of the molecule is O=C(Oc1ccc([C@@H]2[C@H]3C(=O)N(c4ccccc4Cl)C(=O)[C@@H]3ON2c2cccc([N+](=O)[O-])c2)cc1)c1ccccc1. The number of nitrogens with zero attached hydrogens (tertiary/aromatic N) is 3. The van der Waals surface area contributed by atoms with E-state index < -0.39 is 40.8 Å². The molecule has 0 saturated carbocycles. The molecular formula is C30H20ClN3O7. The Bertz CT molecular complexity index is 1680. The molecule has 2 aliphatic rings. The summed E-state index contributed by atoms with van der Waals surface area (Å²) in [7, 11) is 0. The van der Waals surface area contributed by atoms with Gasteiger partial charge in [-0.05, 0) is 48.0 Å². The van der Waals surface area contributed by atoms with E-state index in [0.29, 0.717) is 16.8 Å². The lowest BCUT2D eigenvalue weighted by Gasteiger charge is -2.29. The molecular weight excluding hydrogens is 550 g/mol. The Morgan fingerprint density at radius 1 is 0.878 bits per heavy atom. The molecule has 2 heterocycles. The molecule has 204 valence electrons. The summed E-state index contributed by atoms with van der Waals surface area (Å²) in [5.41, 5.74) is 1.30. The van der Waals surface area contributed by atoms with Crippen molar-refractivity contribution in [3.8, 4) is 5.75 Å². The number of hydroxylamine groups is 1. The maximum absolute atomic E-state index is 13.8. The van der Waals surface area contributed by atoms with Crippen molar-refractivity contribution in [3.05, 3.63) is 129 Å². The summed E-state index contributed by atoms with van der Waals surface area (Å²) in [5, 5.41) is 13.0. The van der Waals surface area contributed by atoms with Gasteiger partial charge in [0.15, 0.2) is 6.10 Å². The molecule has 2 aliphatic heterocycles. The summed E-state index contributed by atoms with van der Waals surface area (Å²) in [4.78, 5) is 57.8. The molecule has 3 atom stereocenters. The highest BCUT2D eigenvalue weighted by atomic mass is 35.5. The van der Waals surface area contributed by atoms with Crippen LogP contribution in [0.15, 0.2) is 103 Å².